The van der Waals surface area contributed by atoms with Crippen LogP contribution in [0.3, 0.4) is 0 Å². The van der Waals surface area contributed by atoms with Gasteiger partial charge in [-0.2, -0.15) is 0 Å². The Morgan fingerprint density at radius 3 is 2.00 bits per heavy atom. The Morgan fingerprint density at radius 1 is 0.906 bits per heavy atom. The number of aliphatic hydroxyl groups is 1. The number of aliphatic hydroxyl groups excluding tert-OH is 1. The summed E-state index contributed by atoms with van der Waals surface area (Å²) in [5, 5.41) is 34.5. The second-order valence-corrected chi connectivity index (χ2v) is 7.25. The summed E-state index contributed by atoms with van der Waals surface area (Å²) in [6, 6.07) is 3.11. The first kappa shape index (κ1) is 26.5. The zero-order valence-electron chi connectivity index (χ0n) is 17.6. The highest BCUT2D eigenvalue weighted by Crippen LogP contribution is 2.06. The molecule has 0 bridgehead atoms. The van der Waals surface area contributed by atoms with E-state index in [2.05, 4.69) is 16.0 Å². The van der Waals surface area contributed by atoms with Crippen molar-refractivity contribution in [3.8, 4) is 0 Å². The molecule has 32 heavy (non-hydrogen) atoms. The minimum Gasteiger partial charge on any atom is -0.481 e. The number of nitrogens with two attached hydrogens (primary N) is 1. The van der Waals surface area contributed by atoms with Crippen LogP contribution >= 0.6 is 0 Å². The van der Waals surface area contributed by atoms with Crippen molar-refractivity contribution >= 4 is 29.7 Å². The maximum Gasteiger partial charge on any atom is 0.325 e. The molecule has 5 atom stereocenters. The number of hydrogen-bond acceptors (Lipinski definition) is 7. The number of benzene rings is 1. The van der Waals surface area contributed by atoms with Gasteiger partial charge in [-0.15, -0.1) is 0 Å². The van der Waals surface area contributed by atoms with Crippen LogP contribution in [0.15, 0.2) is 30.3 Å². The molecule has 3 amide bonds. The van der Waals surface area contributed by atoms with Gasteiger partial charge in [0.15, 0.2) is 0 Å². The minimum absolute atomic E-state index is 0.0160. The van der Waals surface area contributed by atoms with Gasteiger partial charge in [-0.25, -0.2) is 0 Å². The third kappa shape index (κ3) is 8.70. The minimum atomic E-state index is -1.51. The van der Waals surface area contributed by atoms with Crippen LogP contribution in [0.25, 0.3) is 0 Å². The average Bonchev–Trinajstić information content (AvgIpc) is 2.70. The quantitative estimate of drug-likeness (QED) is 0.186. The second-order valence-electron chi connectivity index (χ2n) is 7.25. The van der Waals surface area contributed by atoms with E-state index in [4.69, 9.17) is 15.9 Å². The molecule has 0 aliphatic heterocycles. The molecule has 12 heteroatoms. The molecule has 0 heterocycles. The van der Waals surface area contributed by atoms with Crippen LogP contribution in [0.1, 0.15) is 25.8 Å². The number of nitrogens with one attached hydrogen (secondary N) is 3. The summed E-state index contributed by atoms with van der Waals surface area (Å²) >= 11 is 0. The van der Waals surface area contributed by atoms with Crippen LogP contribution in [0, 0.1) is 0 Å². The number of carbonyl (C=O) groups is 5. The molecule has 0 saturated carbocycles. The molecule has 1 rings (SSSR count). The fourth-order valence-corrected chi connectivity index (χ4v) is 2.64. The third-order valence-electron chi connectivity index (χ3n) is 4.44. The Hall–Kier alpha value is -3.51. The molecule has 0 radical (unpaired) electrons. The van der Waals surface area contributed by atoms with E-state index < -0.39 is 66.4 Å². The van der Waals surface area contributed by atoms with E-state index in [9.17, 15) is 29.1 Å². The first-order valence-corrected chi connectivity index (χ1v) is 9.75. The number of carboxylic acids is 2. The predicted octanol–water partition coefficient (Wildman–Crippen LogP) is -2.03. The Bertz CT molecular complexity index is 830. The molecule has 0 fully saturated rings. The van der Waals surface area contributed by atoms with Gasteiger partial charge >= 0.3 is 11.9 Å². The second kappa shape index (κ2) is 12.4. The Morgan fingerprint density at radius 2 is 1.50 bits per heavy atom. The van der Waals surface area contributed by atoms with E-state index >= 15 is 0 Å². The average molecular weight is 452 g/mol. The van der Waals surface area contributed by atoms with Crippen molar-refractivity contribution < 1.29 is 39.3 Å². The Balaban J connectivity index is 3.03. The topological polar surface area (TPSA) is 208 Å². The number of carboxylic acid groups (broad SMARTS) is 2. The number of aliphatic carboxylic acids is 2. The zero-order chi connectivity index (χ0) is 24.4. The molecule has 5 unspecified atom stereocenters. The van der Waals surface area contributed by atoms with Gasteiger partial charge in [0.1, 0.15) is 18.1 Å². The van der Waals surface area contributed by atoms with Crippen LogP contribution in [-0.4, -0.2) is 75.3 Å². The van der Waals surface area contributed by atoms with Crippen molar-refractivity contribution in [1.82, 2.24) is 16.0 Å². The first-order valence-electron chi connectivity index (χ1n) is 9.75. The van der Waals surface area contributed by atoms with Crippen molar-refractivity contribution in [2.24, 2.45) is 5.73 Å². The van der Waals surface area contributed by atoms with Gasteiger partial charge in [-0.1, -0.05) is 30.3 Å². The van der Waals surface area contributed by atoms with E-state index in [1.807, 2.05) is 0 Å². The van der Waals surface area contributed by atoms with E-state index in [1.54, 1.807) is 30.3 Å². The third-order valence-corrected chi connectivity index (χ3v) is 4.44. The van der Waals surface area contributed by atoms with Crippen LogP contribution in [0.2, 0.25) is 0 Å². The highest BCUT2D eigenvalue weighted by atomic mass is 16.4. The molecular formula is C20H28N4O8. The number of amides is 3. The summed E-state index contributed by atoms with van der Waals surface area (Å²) < 4.78 is 0. The molecule has 0 aliphatic carbocycles. The van der Waals surface area contributed by atoms with E-state index in [0.29, 0.717) is 5.56 Å². The zero-order valence-corrected chi connectivity index (χ0v) is 17.6. The molecule has 1 aromatic carbocycles. The summed E-state index contributed by atoms with van der Waals surface area (Å²) in [6.07, 6.45) is -2.06. The van der Waals surface area contributed by atoms with Crippen LogP contribution in [0.4, 0.5) is 0 Å². The predicted molar refractivity (Wildman–Crippen MR) is 111 cm³/mol. The number of rotatable bonds is 12. The van der Waals surface area contributed by atoms with Crippen molar-refractivity contribution in [3.05, 3.63) is 35.9 Å². The maximum atomic E-state index is 12.9. The molecule has 0 saturated heterocycles. The highest BCUT2D eigenvalue weighted by molar-refractivity contribution is 5.95. The van der Waals surface area contributed by atoms with Gasteiger partial charge in [0.25, 0.3) is 0 Å². The van der Waals surface area contributed by atoms with Gasteiger partial charge in [-0.05, 0) is 19.4 Å². The smallest absolute Gasteiger partial charge is 0.325 e. The highest BCUT2D eigenvalue weighted by Gasteiger charge is 2.32. The SMILES string of the molecule is CC(NC(=O)C(NC(=O)C(Cc1ccccc1)NC(=O)C(N)CC(=O)O)C(C)O)C(=O)O. The van der Waals surface area contributed by atoms with E-state index in [0.717, 1.165) is 0 Å². The van der Waals surface area contributed by atoms with Gasteiger partial charge < -0.3 is 37.0 Å². The van der Waals surface area contributed by atoms with Crippen LogP contribution in [0.5, 0.6) is 0 Å². The number of carbonyl (C=O) groups excluding carboxylic acids is 3. The summed E-state index contributed by atoms with van der Waals surface area (Å²) in [5.74, 6) is -5.28. The van der Waals surface area contributed by atoms with E-state index in [1.165, 1.54) is 13.8 Å². The summed E-state index contributed by atoms with van der Waals surface area (Å²) in [5.41, 5.74) is 6.21. The lowest BCUT2D eigenvalue weighted by Crippen LogP contribution is -2.60. The molecule has 0 spiro atoms. The first-order chi connectivity index (χ1) is 14.9. The molecule has 0 aromatic heterocycles. The molecule has 8 N–H and O–H groups in total. The lowest BCUT2D eigenvalue weighted by Gasteiger charge is -2.26. The van der Waals surface area contributed by atoms with Gasteiger partial charge in [0.05, 0.1) is 18.6 Å². The van der Waals surface area contributed by atoms with Crippen LogP contribution in [-0.2, 0) is 30.4 Å². The molecular weight excluding hydrogens is 424 g/mol. The molecule has 12 nitrogen and oxygen atoms in total. The van der Waals surface area contributed by atoms with Gasteiger partial charge in [0, 0.05) is 6.42 Å². The van der Waals surface area contributed by atoms with E-state index in [-0.39, 0.29) is 6.42 Å². The van der Waals surface area contributed by atoms with Crippen molar-refractivity contribution in [2.75, 3.05) is 0 Å². The molecule has 1 aromatic rings. The van der Waals surface area contributed by atoms with Gasteiger partial charge in [-0.3, -0.25) is 24.0 Å². The summed E-state index contributed by atoms with van der Waals surface area (Å²) in [6.45, 7) is 2.44. The molecule has 176 valence electrons. The maximum absolute atomic E-state index is 12.9. The monoisotopic (exact) mass is 452 g/mol. The summed E-state index contributed by atoms with van der Waals surface area (Å²) in [4.78, 5) is 59.3. The summed E-state index contributed by atoms with van der Waals surface area (Å²) in [7, 11) is 0. The lowest BCUT2D eigenvalue weighted by atomic mass is 10.0. The van der Waals surface area contributed by atoms with Crippen molar-refractivity contribution in [1.29, 1.82) is 0 Å². The Kier molecular flexibility index (Phi) is 10.3. The fourth-order valence-electron chi connectivity index (χ4n) is 2.64. The van der Waals surface area contributed by atoms with Crippen molar-refractivity contribution in [3.63, 3.8) is 0 Å². The van der Waals surface area contributed by atoms with Crippen molar-refractivity contribution in [2.45, 2.75) is 57.0 Å². The standard InChI is InChI=1S/C20H28N4O8/c1-10(20(31)32)22-19(30)16(11(2)25)24-18(29)14(8-12-6-4-3-5-7-12)23-17(28)13(21)9-15(26)27/h3-7,10-11,13-14,16,25H,8-9,21H2,1-2H3,(H,22,30)(H,23,28)(H,24,29)(H,26,27)(H,31,32). The largest absolute Gasteiger partial charge is 0.481 e. The van der Waals surface area contributed by atoms with Crippen LogP contribution < -0.4 is 21.7 Å². The van der Waals surface area contributed by atoms with Gasteiger partial charge in [0.2, 0.25) is 17.7 Å². The lowest BCUT2D eigenvalue weighted by molar-refractivity contribution is -0.142. The Labute approximate surface area is 184 Å². The molecule has 0 aliphatic rings. The normalized spacial score (nSPS) is 15.4. The fraction of sp³-hybridized carbons (Fsp3) is 0.450. The number of hydrogen-bond donors (Lipinski definition) is 7.